The van der Waals surface area contributed by atoms with Crippen LogP contribution < -0.4 is 11.1 Å². The molecule has 4 rings (SSSR count). The van der Waals surface area contributed by atoms with Crippen molar-refractivity contribution in [2.24, 2.45) is 5.92 Å². The van der Waals surface area contributed by atoms with Gasteiger partial charge in [0, 0.05) is 49.8 Å². The third-order valence-electron chi connectivity index (χ3n) is 6.36. The minimum atomic E-state index is -2.90. The molecule has 2 aromatic rings. The van der Waals surface area contributed by atoms with Crippen LogP contribution in [0.5, 0.6) is 0 Å². The highest BCUT2D eigenvalue weighted by atomic mass is 19.3. The monoisotopic (exact) mass is 418 g/mol. The molecule has 3 N–H and O–H groups in total. The summed E-state index contributed by atoms with van der Waals surface area (Å²) in [6, 6.07) is 6.11. The van der Waals surface area contributed by atoms with E-state index in [2.05, 4.69) is 20.2 Å². The fourth-order valence-corrected chi connectivity index (χ4v) is 4.62. The molecule has 2 aliphatic rings. The topological polar surface area (TPSA) is 87.4 Å². The van der Waals surface area contributed by atoms with Crippen LogP contribution in [-0.2, 0) is 4.79 Å². The van der Waals surface area contributed by atoms with Gasteiger partial charge in [-0.1, -0.05) is 0 Å². The van der Waals surface area contributed by atoms with Gasteiger partial charge in [0.15, 0.2) is 0 Å². The Morgan fingerprint density at radius 3 is 2.57 bits per heavy atom. The van der Waals surface area contributed by atoms with Crippen molar-refractivity contribution in [2.45, 2.75) is 38.2 Å². The number of carbonyl (C=O) groups is 1. The van der Waals surface area contributed by atoms with Gasteiger partial charge in [0.05, 0.1) is 5.52 Å². The molecule has 2 heterocycles. The van der Waals surface area contributed by atoms with E-state index in [1.54, 1.807) is 6.33 Å². The molecular weight excluding hydrogens is 390 g/mol. The summed E-state index contributed by atoms with van der Waals surface area (Å²) in [6.07, 6.45) is 3.07. The SMILES string of the molecule is Nc1ccc2ncnc(NC[C@H]3CC[C@H](N4CCN(C(=O)C(F)F)CC4)CC3)c2c1. The molecule has 7 nitrogen and oxygen atoms in total. The molecule has 162 valence electrons. The van der Waals surface area contributed by atoms with Crippen LogP contribution in [-0.4, -0.2) is 70.9 Å². The Morgan fingerprint density at radius 1 is 1.13 bits per heavy atom. The number of piperazine rings is 1. The number of halogens is 2. The number of aromatic nitrogens is 2. The molecule has 1 amide bonds. The Bertz CT molecular complexity index is 879. The van der Waals surface area contributed by atoms with Crippen LogP contribution >= 0.6 is 0 Å². The first-order valence-corrected chi connectivity index (χ1v) is 10.6. The second-order valence-electron chi connectivity index (χ2n) is 8.22. The summed E-state index contributed by atoms with van der Waals surface area (Å²) < 4.78 is 25.2. The largest absolute Gasteiger partial charge is 0.399 e. The minimum absolute atomic E-state index is 0.397. The highest BCUT2D eigenvalue weighted by Gasteiger charge is 2.31. The van der Waals surface area contributed by atoms with E-state index in [0.717, 1.165) is 48.9 Å². The quantitative estimate of drug-likeness (QED) is 0.726. The predicted molar refractivity (Wildman–Crippen MR) is 112 cm³/mol. The number of fused-ring (bicyclic) bond motifs is 1. The number of rotatable bonds is 5. The van der Waals surface area contributed by atoms with Gasteiger partial charge in [-0.15, -0.1) is 0 Å². The van der Waals surface area contributed by atoms with E-state index >= 15 is 0 Å². The molecule has 0 bridgehead atoms. The number of nitrogens with two attached hydrogens (primary N) is 1. The number of nitrogen functional groups attached to an aromatic ring is 1. The van der Waals surface area contributed by atoms with E-state index in [0.29, 0.717) is 43.8 Å². The lowest BCUT2D eigenvalue weighted by atomic mass is 9.85. The summed E-state index contributed by atoms with van der Waals surface area (Å²) >= 11 is 0. The highest BCUT2D eigenvalue weighted by molar-refractivity contribution is 5.91. The first-order valence-electron chi connectivity index (χ1n) is 10.6. The van der Waals surface area contributed by atoms with Crippen LogP contribution in [0.25, 0.3) is 10.9 Å². The normalized spacial score (nSPS) is 23.1. The molecule has 0 radical (unpaired) electrons. The number of benzene rings is 1. The maximum absolute atomic E-state index is 12.6. The first-order chi connectivity index (χ1) is 14.5. The number of amides is 1. The molecule has 1 aliphatic heterocycles. The van der Waals surface area contributed by atoms with Crippen molar-refractivity contribution in [3.05, 3.63) is 24.5 Å². The second kappa shape index (κ2) is 9.07. The van der Waals surface area contributed by atoms with E-state index in [1.165, 1.54) is 4.90 Å². The maximum Gasteiger partial charge on any atom is 0.315 e. The van der Waals surface area contributed by atoms with Crippen LogP contribution in [0.1, 0.15) is 25.7 Å². The highest BCUT2D eigenvalue weighted by Crippen LogP contribution is 2.29. The Morgan fingerprint density at radius 2 is 1.87 bits per heavy atom. The van der Waals surface area contributed by atoms with Crippen molar-refractivity contribution in [2.75, 3.05) is 43.8 Å². The van der Waals surface area contributed by atoms with Gasteiger partial charge in [-0.05, 0) is 49.8 Å². The molecule has 0 spiro atoms. The molecule has 9 heteroatoms. The molecule has 1 saturated heterocycles. The third kappa shape index (κ3) is 4.61. The zero-order valence-electron chi connectivity index (χ0n) is 16.9. The maximum atomic E-state index is 12.6. The summed E-state index contributed by atoms with van der Waals surface area (Å²) in [6.45, 7) is 3.01. The summed E-state index contributed by atoms with van der Waals surface area (Å²) in [5.74, 6) is 0.340. The summed E-state index contributed by atoms with van der Waals surface area (Å²) in [4.78, 5) is 23.8. The molecule has 0 unspecified atom stereocenters. The zero-order valence-corrected chi connectivity index (χ0v) is 16.9. The predicted octanol–water partition coefficient (Wildman–Crippen LogP) is 2.59. The summed E-state index contributed by atoms with van der Waals surface area (Å²) in [5, 5.41) is 4.41. The molecule has 1 aromatic carbocycles. The van der Waals surface area contributed by atoms with Crippen molar-refractivity contribution in [1.29, 1.82) is 0 Å². The van der Waals surface area contributed by atoms with Gasteiger partial charge in [0.2, 0.25) is 0 Å². The zero-order chi connectivity index (χ0) is 21.1. The number of hydrogen-bond acceptors (Lipinski definition) is 6. The van der Waals surface area contributed by atoms with E-state index in [-0.39, 0.29) is 0 Å². The van der Waals surface area contributed by atoms with Crippen molar-refractivity contribution in [3.8, 4) is 0 Å². The molecular formula is C21H28F2N6O. The van der Waals surface area contributed by atoms with Gasteiger partial charge in [-0.3, -0.25) is 9.69 Å². The van der Waals surface area contributed by atoms with E-state index in [4.69, 9.17) is 5.73 Å². The fourth-order valence-electron chi connectivity index (χ4n) is 4.62. The van der Waals surface area contributed by atoms with Crippen LogP contribution in [0.2, 0.25) is 0 Å². The molecule has 1 saturated carbocycles. The van der Waals surface area contributed by atoms with Crippen LogP contribution in [0.15, 0.2) is 24.5 Å². The Kier molecular flexibility index (Phi) is 6.26. The number of carbonyl (C=O) groups excluding carboxylic acids is 1. The number of nitrogens with zero attached hydrogens (tertiary/aromatic N) is 4. The average Bonchev–Trinajstić information content (AvgIpc) is 2.77. The fraction of sp³-hybridized carbons (Fsp3) is 0.571. The van der Waals surface area contributed by atoms with Crippen LogP contribution in [0.4, 0.5) is 20.3 Å². The van der Waals surface area contributed by atoms with Gasteiger partial charge in [-0.25, -0.2) is 9.97 Å². The Labute approximate surface area is 174 Å². The Balaban J connectivity index is 1.25. The van der Waals surface area contributed by atoms with Crippen LogP contribution in [0, 0.1) is 5.92 Å². The van der Waals surface area contributed by atoms with Crippen molar-refractivity contribution < 1.29 is 13.6 Å². The second-order valence-corrected chi connectivity index (χ2v) is 8.22. The van der Waals surface area contributed by atoms with E-state index < -0.39 is 12.3 Å². The van der Waals surface area contributed by atoms with Crippen LogP contribution in [0.3, 0.4) is 0 Å². The van der Waals surface area contributed by atoms with Gasteiger partial charge in [-0.2, -0.15) is 8.78 Å². The van der Waals surface area contributed by atoms with Crippen molar-refractivity contribution in [3.63, 3.8) is 0 Å². The van der Waals surface area contributed by atoms with Gasteiger partial charge >= 0.3 is 6.43 Å². The molecule has 1 aromatic heterocycles. The van der Waals surface area contributed by atoms with Gasteiger partial charge in [0.25, 0.3) is 5.91 Å². The van der Waals surface area contributed by atoms with Crippen molar-refractivity contribution >= 4 is 28.3 Å². The third-order valence-corrected chi connectivity index (χ3v) is 6.36. The first kappa shape index (κ1) is 20.7. The minimum Gasteiger partial charge on any atom is -0.399 e. The van der Waals surface area contributed by atoms with E-state index in [9.17, 15) is 13.6 Å². The molecule has 0 atom stereocenters. The molecule has 30 heavy (non-hydrogen) atoms. The molecule has 1 aliphatic carbocycles. The smallest absolute Gasteiger partial charge is 0.315 e. The number of anilines is 2. The average molecular weight is 418 g/mol. The lowest BCUT2D eigenvalue weighted by Crippen LogP contribution is -2.53. The number of alkyl halides is 2. The number of hydrogen-bond donors (Lipinski definition) is 2. The van der Waals surface area contributed by atoms with Crippen molar-refractivity contribution in [1.82, 2.24) is 19.8 Å². The summed E-state index contributed by atoms with van der Waals surface area (Å²) in [7, 11) is 0. The number of nitrogens with one attached hydrogen (secondary N) is 1. The van der Waals surface area contributed by atoms with Gasteiger partial charge < -0.3 is 16.0 Å². The lowest BCUT2D eigenvalue weighted by molar-refractivity contribution is -0.145. The van der Waals surface area contributed by atoms with E-state index in [1.807, 2.05) is 18.2 Å². The lowest BCUT2D eigenvalue weighted by Gasteiger charge is -2.42. The van der Waals surface area contributed by atoms with Gasteiger partial charge in [0.1, 0.15) is 12.1 Å². The standard InChI is InChI=1S/C21H28F2N6O/c22-19(23)21(30)29-9-7-28(8-10-29)16-4-1-14(2-5-16)12-25-20-17-11-15(24)3-6-18(17)26-13-27-20/h3,6,11,13-14,16,19H,1-2,4-5,7-10,12,24H2,(H,25,26,27)/t14-,16-. The summed E-state index contributed by atoms with van der Waals surface area (Å²) in [5.41, 5.74) is 7.47. The Hall–Kier alpha value is -2.55. The molecule has 2 fully saturated rings.